The Morgan fingerprint density at radius 2 is 2.00 bits per heavy atom. The van der Waals surface area contributed by atoms with Crippen molar-refractivity contribution in [3.8, 4) is 0 Å². The Morgan fingerprint density at radius 1 is 1.42 bits per heavy atom. The van der Waals surface area contributed by atoms with E-state index in [1.54, 1.807) is 12.1 Å². The molecule has 0 saturated carbocycles. The first-order valence-electron chi connectivity index (χ1n) is 3.26. The Bertz CT molecular complexity index is 294. The number of nitrogens with zero attached hydrogens (tertiary/aromatic N) is 1. The van der Waals surface area contributed by atoms with E-state index in [9.17, 15) is 10.1 Å². The number of hydrogen-bond donors (Lipinski definition) is 0. The van der Waals surface area contributed by atoms with Gasteiger partial charge in [-0.2, -0.15) is 0 Å². The van der Waals surface area contributed by atoms with E-state index in [0.717, 1.165) is 4.46 Å². The summed E-state index contributed by atoms with van der Waals surface area (Å²) in [6.07, 6.45) is 0. The molecule has 62 valence electrons. The van der Waals surface area contributed by atoms with Crippen LogP contribution in [0.25, 0.3) is 0 Å². The Labute approximate surface area is 76.4 Å². The molecule has 0 aliphatic rings. The second kappa shape index (κ2) is 4.04. The first-order chi connectivity index (χ1) is 5.74. The van der Waals surface area contributed by atoms with Crippen LogP contribution in [0.4, 0.5) is 5.69 Å². The second-order valence-corrected chi connectivity index (χ2v) is 4.22. The fourth-order valence-electron chi connectivity index (χ4n) is 0.743. The van der Waals surface area contributed by atoms with E-state index in [2.05, 4.69) is 6.58 Å². The molecule has 0 aliphatic heterocycles. The number of rotatable bonds is 3. The number of nitro groups is 1. The van der Waals surface area contributed by atoms with E-state index in [0.29, 0.717) is 0 Å². The Hall–Kier alpha value is -1.12. The van der Waals surface area contributed by atoms with Gasteiger partial charge in [0.1, 0.15) is 0 Å². The van der Waals surface area contributed by atoms with Crippen LogP contribution in [0.3, 0.4) is 0 Å². The maximum atomic E-state index is 10.3. The summed E-state index contributed by atoms with van der Waals surface area (Å²) in [5, 5.41) is 10.3. The molecule has 12 heavy (non-hydrogen) atoms. The molecule has 0 aliphatic carbocycles. The topological polar surface area (TPSA) is 43.1 Å². The first kappa shape index (κ1) is 8.97. The maximum absolute atomic E-state index is 10.3. The van der Waals surface area contributed by atoms with E-state index in [1.165, 1.54) is 12.1 Å². The molecule has 0 N–H and O–H groups in total. The molecular formula is C8H7NO2Se. The minimum atomic E-state index is -0.398. The summed E-state index contributed by atoms with van der Waals surface area (Å²) in [6, 6.07) is 6.56. The molecule has 1 rings (SSSR count). The molecule has 1 aromatic rings. The average Bonchev–Trinajstić information content (AvgIpc) is 2.06. The van der Waals surface area contributed by atoms with Crippen LogP contribution < -0.4 is 4.46 Å². The van der Waals surface area contributed by atoms with E-state index in [1.807, 2.05) is 4.97 Å². The van der Waals surface area contributed by atoms with Crippen LogP contribution in [-0.2, 0) is 0 Å². The Balaban J connectivity index is 2.85. The van der Waals surface area contributed by atoms with Gasteiger partial charge in [0.25, 0.3) is 0 Å². The molecule has 0 unspecified atom stereocenters. The van der Waals surface area contributed by atoms with Crippen molar-refractivity contribution in [1.82, 2.24) is 0 Å². The molecular weight excluding hydrogens is 221 g/mol. The van der Waals surface area contributed by atoms with Crippen molar-refractivity contribution < 1.29 is 4.92 Å². The standard InChI is InChI=1S/C8H7NO2Se/c1-2-12-8-5-3-7(4-6-8)9(10)11/h2-6H,1H2. The number of nitro benzene ring substituents is 1. The third-order valence-electron chi connectivity index (χ3n) is 1.27. The molecule has 0 amide bonds. The molecule has 4 heteroatoms. The van der Waals surface area contributed by atoms with Gasteiger partial charge in [-0.1, -0.05) is 0 Å². The van der Waals surface area contributed by atoms with E-state index in [-0.39, 0.29) is 20.6 Å². The summed E-state index contributed by atoms with van der Waals surface area (Å²) >= 11 is 0.231. The van der Waals surface area contributed by atoms with Crippen molar-refractivity contribution in [1.29, 1.82) is 0 Å². The third kappa shape index (κ3) is 2.19. The van der Waals surface area contributed by atoms with Gasteiger partial charge >= 0.3 is 76.0 Å². The molecule has 0 aromatic heterocycles. The average molecular weight is 228 g/mol. The quantitative estimate of drug-likeness (QED) is 0.441. The predicted octanol–water partition coefficient (Wildman–Crippen LogP) is 1.07. The normalized spacial score (nSPS) is 9.33. The van der Waals surface area contributed by atoms with Crippen molar-refractivity contribution in [2.75, 3.05) is 0 Å². The van der Waals surface area contributed by atoms with Gasteiger partial charge in [0.05, 0.1) is 0 Å². The van der Waals surface area contributed by atoms with Crippen LogP contribution in [-0.4, -0.2) is 19.9 Å². The van der Waals surface area contributed by atoms with E-state index < -0.39 is 4.92 Å². The fraction of sp³-hybridized carbons (Fsp3) is 0. The summed E-state index contributed by atoms with van der Waals surface area (Å²) in [5.41, 5.74) is 0.138. The van der Waals surface area contributed by atoms with Gasteiger partial charge in [0, 0.05) is 0 Å². The van der Waals surface area contributed by atoms with Crippen LogP contribution >= 0.6 is 0 Å². The fourth-order valence-corrected chi connectivity index (χ4v) is 1.76. The summed E-state index contributed by atoms with van der Waals surface area (Å²) in [7, 11) is 0. The zero-order valence-electron chi connectivity index (χ0n) is 6.27. The molecule has 1 aromatic carbocycles. The number of non-ortho nitro benzene ring substituents is 1. The third-order valence-corrected chi connectivity index (χ3v) is 2.76. The van der Waals surface area contributed by atoms with Crippen molar-refractivity contribution in [3.63, 3.8) is 0 Å². The van der Waals surface area contributed by atoms with Gasteiger partial charge < -0.3 is 0 Å². The van der Waals surface area contributed by atoms with Crippen molar-refractivity contribution in [2.45, 2.75) is 0 Å². The summed E-state index contributed by atoms with van der Waals surface area (Å²) in [4.78, 5) is 11.7. The van der Waals surface area contributed by atoms with Crippen LogP contribution in [0.2, 0.25) is 0 Å². The van der Waals surface area contributed by atoms with Crippen molar-refractivity contribution in [2.24, 2.45) is 0 Å². The summed E-state index contributed by atoms with van der Waals surface area (Å²) in [5.74, 6) is 0. The molecule has 0 bridgehead atoms. The molecule has 0 spiro atoms. The van der Waals surface area contributed by atoms with Gasteiger partial charge in [-0.05, 0) is 0 Å². The zero-order chi connectivity index (χ0) is 8.97. The summed E-state index contributed by atoms with van der Waals surface area (Å²) < 4.78 is 1.10. The molecule has 0 fully saturated rings. The first-order valence-corrected chi connectivity index (χ1v) is 5.10. The second-order valence-electron chi connectivity index (χ2n) is 2.04. The van der Waals surface area contributed by atoms with Gasteiger partial charge in [-0.15, -0.1) is 0 Å². The molecule has 0 radical (unpaired) electrons. The van der Waals surface area contributed by atoms with Crippen molar-refractivity contribution in [3.05, 3.63) is 45.9 Å². The van der Waals surface area contributed by atoms with Crippen molar-refractivity contribution >= 4 is 25.1 Å². The SMILES string of the molecule is C=C[Se]c1ccc([N+](=O)[O-])cc1. The number of benzene rings is 1. The van der Waals surface area contributed by atoms with Gasteiger partial charge in [0.2, 0.25) is 0 Å². The van der Waals surface area contributed by atoms with Crippen LogP contribution in [0, 0.1) is 10.1 Å². The van der Waals surface area contributed by atoms with E-state index in [4.69, 9.17) is 0 Å². The van der Waals surface area contributed by atoms with Gasteiger partial charge in [0.15, 0.2) is 0 Å². The van der Waals surface area contributed by atoms with Crippen LogP contribution in [0.5, 0.6) is 0 Å². The van der Waals surface area contributed by atoms with Gasteiger partial charge in [-0.25, -0.2) is 0 Å². The molecule has 0 atom stereocenters. The van der Waals surface area contributed by atoms with E-state index >= 15 is 0 Å². The number of hydrogen-bond acceptors (Lipinski definition) is 2. The Kier molecular flexibility index (Phi) is 3.02. The van der Waals surface area contributed by atoms with Crippen LogP contribution in [0.1, 0.15) is 0 Å². The predicted molar refractivity (Wildman–Crippen MR) is 48.7 cm³/mol. The summed E-state index contributed by atoms with van der Waals surface area (Å²) in [6.45, 7) is 3.61. The molecule has 0 heterocycles. The molecule has 0 saturated heterocycles. The minimum absolute atomic E-state index is 0.138. The monoisotopic (exact) mass is 229 g/mol. The van der Waals surface area contributed by atoms with Crippen LogP contribution in [0.15, 0.2) is 35.8 Å². The van der Waals surface area contributed by atoms with Gasteiger partial charge in [-0.3, -0.25) is 0 Å². The molecule has 3 nitrogen and oxygen atoms in total. The zero-order valence-corrected chi connectivity index (χ0v) is 7.98. The Morgan fingerprint density at radius 3 is 2.42 bits per heavy atom.